The second kappa shape index (κ2) is 3.89. The lowest BCUT2D eigenvalue weighted by Crippen LogP contribution is -2.35. The fraction of sp³-hybridized carbons (Fsp3) is 1.00. The van der Waals surface area contributed by atoms with E-state index in [1.54, 1.807) is 20.8 Å². The van der Waals surface area contributed by atoms with Crippen molar-refractivity contribution in [2.24, 2.45) is 17.3 Å². The van der Waals surface area contributed by atoms with Gasteiger partial charge >= 0.3 is 6.18 Å². The summed E-state index contributed by atoms with van der Waals surface area (Å²) in [4.78, 5) is 0. The van der Waals surface area contributed by atoms with E-state index < -0.39 is 17.5 Å². The lowest BCUT2D eigenvalue weighted by atomic mass is 9.76. The molecular formula is C10H19F3. The molecule has 0 aliphatic heterocycles. The van der Waals surface area contributed by atoms with Crippen LogP contribution in [0.5, 0.6) is 0 Å². The molecule has 0 spiro atoms. The van der Waals surface area contributed by atoms with E-state index in [2.05, 4.69) is 0 Å². The van der Waals surface area contributed by atoms with Crippen LogP contribution in [-0.2, 0) is 0 Å². The van der Waals surface area contributed by atoms with Gasteiger partial charge in [-0.15, -0.1) is 0 Å². The molecule has 0 aromatic carbocycles. The van der Waals surface area contributed by atoms with Crippen molar-refractivity contribution in [1.29, 1.82) is 0 Å². The van der Waals surface area contributed by atoms with Gasteiger partial charge in [-0.25, -0.2) is 0 Å². The molecule has 0 bridgehead atoms. The first-order valence-corrected chi connectivity index (χ1v) is 4.62. The maximum Gasteiger partial charge on any atom is 0.392 e. The molecule has 3 heteroatoms. The summed E-state index contributed by atoms with van der Waals surface area (Å²) in [5.74, 6) is -1.11. The summed E-state index contributed by atoms with van der Waals surface area (Å²) in [6.45, 7) is 8.59. The van der Waals surface area contributed by atoms with E-state index in [-0.39, 0.29) is 12.3 Å². The van der Waals surface area contributed by atoms with Gasteiger partial charge in [0.1, 0.15) is 0 Å². The predicted octanol–water partition coefficient (Wildman–Crippen LogP) is 4.26. The number of hydrogen-bond acceptors (Lipinski definition) is 0. The van der Waals surface area contributed by atoms with Crippen molar-refractivity contribution >= 4 is 0 Å². The molecule has 0 aliphatic carbocycles. The van der Waals surface area contributed by atoms with Gasteiger partial charge in [-0.05, 0) is 17.8 Å². The summed E-state index contributed by atoms with van der Waals surface area (Å²) in [7, 11) is 0. The van der Waals surface area contributed by atoms with Crippen LogP contribution in [0.25, 0.3) is 0 Å². The Bertz CT molecular complexity index is 137. The highest BCUT2D eigenvalue weighted by atomic mass is 19.4. The van der Waals surface area contributed by atoms with E-state index in [0.29, 0.717) is 0 Å². The van der Waals surface area contributed by atoms with Gasteiger partial charge in [0.2, 0.25) is 0 Å². The molecule has 0 N–H and O–H groups in total. The van der Waals surface area contributed by atoms with Crippen LogP contribution in [0.4, 0.5) is 13.2 Å². The maximum absolute atomic E-state index is 12.6. The molecule has 0 amide bonds. The third-order valence-corrected chi connectivity index (χ3v) is 2.15. The second-order valence-electron chi connectivity index (χ2n) is 5.09. The highest BCUT2D eigenvalue weighted by Crippen LogP contribution is 2.43. The standard InChI is InChI=1S/C10H19F3/c1-7(2)6-8(9(3,4)5)10(11,12)13/h7-8H,6H2,1-5H3/t8-/m0/s1. The minimum atomic E-state index is -4.07. The molecule has 1 atom stereocenters. The van der Waals surface area contributed by atoms with E-state index >= 15 is 0 Å². The van der Waals surface area contributed by atoms with Crippen LogP contribution in [0.1, 0.15) is 41.0 Å². The number of hydrogen-bond donors (Lipinski definition) is 0. The van der Waals surface area contributed by atoms with Crippen molar-refractivity contribution < 1.29 is 13.2 Å². The highest BCUT2D eigenvalue weighted by molar-refractivity contribution is 4.80. The zero-order valence-electron chi connectivity index (χ0n) is 9.00. The zero-order valence-corrected chi connectivity index (χ0v) is 9.00. The summed E-state index contributed by atoms with van der Waals surface area (Å²) in [5.41, 5.74) is -0.692. The van der Waals surface area contributed by atoms with Crippen molar-refractivity contribution in [3.63, 3.8) is 0 Å². The molecule has 13 heavy (non-hydrogen) atoms. The van der Waals surface area contributed by atoms with Crippen molar-refractivity contribution in [2.45, 2.75) is 47.2 Å². The quantitative estimate of drug-likeness (QED) is 0.619. The smallest absolute Gasteiger partial charge is 0.171 e. The van der Waals surface area contributed by atoms with Crippen LogP contribution >= 0.6 is 0 Å². The summed E-state index contributed by atoms with van der Waals surface area (Å²) in [6.07, 6.45) is -3.85. The van der Waals surface area contributed by atoms with Gasteiger partial charge in [0.15, 0.2) is 0 Å². The van der Waals surface area contributed by atoms with Gasteiger partial charge < -0.3 is 0 Å². The monoisotopic (exact) mass is 196 g/mol. The molecule has 0 aromatic heterocycles. The molecule has 0 nitrogen and oxygen atoms in total. The van der Waals surface area contributed by atoms with E-state index in [1.165, 1.54) is 0 Å². The number of rotatable bonds is 2. The molecule has 0 radical (unpaired) electrons. The molecule has 0 rings (SSSR count). The lowest BCUT2D eigenvalue weighted by Gasteiger charge is -2.33. The van der Waals surface area contributed by atoms with Gasteiger partial charge in [-0.3, -0.25) is 0 Å². The summed E-state index contributed by atoms with van der Waals surface area (Å²) in [6, 6.07) is 0. The number of alkyl halides is 3. The van der Waals surface area contributed by atoms with Gasteiger partial charge in [-0.1, -0.05) is 34.6 Å². The van der Waals surface area contributed by atoms with Crippen LogP contribution in [-0.4, -0.2) is 6.18 Å². The Labute approximate surface area is 78.5 Å². The first-order valence-electron chi connectivity index (χ1n) is 4.62. The Morgan fingerprint density at radius 1 is 1.00 bits per heavy atom. The maximum atomic E-state index is 12.6. The molecule has 0 unspecified atom stereocenters. The van der Waals surface area contributed by atoms with Gasteiger partial charge in [0.25, 0.3) is 0 Å². The fourth-order valence-electron chi connectivity index (χ4n) is 1.45. The van der Waals surface area contributed by atoms with Gasteiger partial charge in [-0.2, -0.15) is 13.2 Å². The normalized spacial score (nSPS) is 16.4. The minimum Gasteiger partial charge on any atom is -0.171 e. The lowest BCUT2D eigenvalue weighted by molar-refractivity contribution is -0.204. The Balaban J connectivity index is 4.58. The molecule has 80 valence electrons. The van der Waals surface area contributed by atoms with Crippen molar-refractivity contribution in [1.82, 2.24) is 0 Å². The Morgan fingerprint density at radius 2 is 1.38 bits per heavy atom. The SMILES string of the molecule is CC(C)C[C@@H](C(C)(C)C)C(F)(F)F. The Morgan fingerprint density at radius 3 is 1.46 bits per heavy atom. The molecule has 0 aromatic rings. The largest absolute Gasteiger partial charge is 0.392 e. The van der Waals surface area contributed by atoms with Crippen LogP contribution in [0.3, 0.4) is 0 Å². The van der Waals surface area contributed by atoms with Crippen LogP contribution < -0.4 is 0 Å². The van der Waals surface area contributed by atoms with Gasteiger partial charge in [0.05, 0.1) is 5.92 Å². The molecule has 0 aliphatic rings. The topological polar surface area (TPSA) is 0 Å². The summed E-state index contributed by atoms with van der Waals surface area (Å²) < 4.78 is 37.7. The number of halogens is 3. The van der Waals surface area contributed by atoms with Crippen molar-refractivity contribution in [3.05, 3.63) is 0 Å². The molecule has 0 heterocycles. The van der Waals surface area contributed by atoms with Gasteiger partial charge in [0, 0.05) is 0 Å². The highest BCUT2D eigenvalue weighted by Gasteiger charge is 2.46. The first-order chi connectivity index (χ1) is 5.55. The van der Waals surface area contributed by atoms with Crippen molar-refractivity contribution in [2.75, 3.05) is 0 Å². The third-order valence-electron chi connectivity index (χ3n) is 2.15. The van der Waals surface area contributed by atoms with E-state index in [9.17, 15) is 13.2 Å². The fourth-order valence-corrected chi connectivity index (χ4v) is 1.45. The minimum absolute atomic E-state index is 0.0887. The Hall–Kier alpha value is -0.210. The Kier molecular flexibility index (Phi) is 3.82. The summed E-state index contributed by atoms with van der Waals surface area (Å²) in [5, 5.41) is 0. The predicted molar refractivity (Wildman–Crippen MR) is 48.5 cm³/mol. The van der Waals surface area contributed by atoms with E-state index in [4.69, 9.17) is 0 Å². The van der Waals surface area contributed by atoms with Crippen LogP contribution in [0.2, 0.25) is 0 Å². The molecule has 0 fully saturated rings. The first kappa shape index (κ1) is 12.8. The van der Waals surface area contributed by atoms with Crippen LogP contribution in [0.15, 0.2) is 0 Å². The van der Waals surface area contributed by atoms with E-state index in [1.807, 2.05) is 13.8 Å². The summed E-state index contributed by atoms with van der Waals surface area (Å²) >= 11 is 0. The van der Waals surface area contributed by atoms with Crippen molar-refractivity contribution in [3.8, 4) is 0 Å². The molecule has 0 saturated heterocycles. The average molecular weight is 196 g/mol. The molecule has 0 saturated carbocycles. The zero-order chi connectivity index (χ0) is 10.9. The third kappa shape index (κ3) is 4.53. The average Bonchev–Trinajstić information content (AvgIpc) is 1.77. The molecular weight excluding hydrogens is 177 g/mol. The van der Waals surface area contributed by atoms with Crippen LogP contribution in [0, 0.1) is 17.3 Å². The second-order valence-corrected chi connectivity index (χ2v) is 5.09. The van der Waals surface area contributed by atoms with E-state index in [0.717, 1.165) is 0 Å².